The van der Waals surface area contributed by atoms with Gasteiger partial charge in [-0.25, -0.2) is 4.79 Å². The summed E-state index contributed by atoms with van der Waals surface area (Å²) in [5, 5.41) is 2.26. The van der Waals surface area contributed by atoms with Crippen molar-refractivity contribution in [1.82, 2.24) is 10.2 Å². The van der Waals surface area contributed by atoms with Gasteiger partial charge in [-0.3, -0.25) is 19.3 Å². The number of hydrogen-bond donors (Lipinski definition) is 1. The van der Waals surface area contributed by atoms with E-state index in [1.807, 2.05) is 30.3 Å². The predicted molar refractivity (Wildman–Crippen MR) is 101 cm³/mol. The third kappa shape index (κ3) is 4.06. The second kappa shape index (κ2) is 8.51. The molecule has 2 aliphatic heterocycles. The monoisotopic (exact) mass is 400 g/mol. The van der Waals surface area contributed by atoms with Crippen molar-refractivity contribution in [3.8, 4) is 0 Å². The minimum Gasteiger partial charge on any atom is -0.539 e. The minimum absolute atomic E-state index is 0.0361. The molecule has 1 N–H and O–H groups in total. The fourth-order valence-corrected chi connectivity index (χ4v) is 4.36. The maximum absolute atomic E-state index is 12.6. The zero-order valence-corrected chi connectivity index (χ0v) is 15.9. The van der Waals surface area contributed by atoms with Crippen LogP contribution in [0, 0.1) is 0 Å². The summed E-state index contributed by atoms with van der Waals surface area (Å²) >= 11 is 1.36. The Morgan fingerprint density at radius 3 is 2.64 bits per heavy atom. The number of amides is 2. The number of thioether (sulfide) groups is 1. The van der Waals surface area contributed by atoms with Crippen LogP contribution in [0.2, 0.25) is 0 Å². The van der Waals surface area contributed by atoms with E-state index in [0.717, 1.165) is 5.56 Å². The molecule has 1 aromatic carbocycles. The summed E-state index contributed by atoms with van der Waals surface area (Å²) in [5.74, 6) is -1.81. The van der Waals surface area contributed by atoms with Gasteiger partial charge in [-0.1, -0.05) is 30.3 Å². The van der Waals surface area contributed by atoms with E-state index in [2.05, 4.69) is 9.97 Å². The first-order chi connectivity index (χ1) is 13.4. The zero-order valence-electron chi connectivity index (χ0n) is 15.0. The second-order valence-electron chi connectivity index (χ2n) is 6.26. The molecule has 8 nitrogen and oxygen atoms in total. The van der Waals surface area contributed by atoms with Crippen LogP contribution in [0.15, 0.2) is 41.6 Å². The molecule has 10 heteroatoms. The summed E-state index contributed by atoms with van der Waals surface area (Å²) < 4.78 is 9.24. The summed E-state index contributed by atoms with van der Waals surface area (Å²) in [6.45, 7) is 1.10. The fraction of sp³-hybridized carbons (Fsp3) is 0.333. The number of esters is 1. The molecule has 1 fully saturated rings. The molecule has 3 rings (SSSR count). The van der Waals surface area contributed by atoms with Gasteiger partial charge in [0.05, 0.1) is 6.42 Å². The molecule has 0 aliphatic carbocycles. The lowest BCUT2D eigenvalue weighted by molar-refractivity contribution is -0.150. The molecule has 2 aliphatic rings. The zero-order chi connectivity index (χ0) is 20.3. The van der Waals surface area contributed by atoms with Gasteiger partial charge < -0.3 is 14.7 Å². The Balaban J connectivity index is 1.71. The van der Waals surface area contributed by atoms with Crippen LogP contribution in [0.25, 0.3) is 0 Å². The smallest absolute Gasteiger partial charge is 0.378 e. The molecule has 1 saturated heterocycles. The fourth-order valence-electron chi connectivity index (χ4n) is 3.03. The highest BCUT2D eigenvalue weighted by molar-refractivity contribution is 8.00. The van der Waals surface area contributed by atoms with Gasteiger partial charge in [-0.2, -0.15) is 0 Å². The van der Waals surface area contributed by atoms with Gasteiger partial charge >= 0.3 is 20.0 Å². The van der Waals surface area contributed by atoms with Crippen LogP contribution in [0.5, 0.6) is 0 Å². The molecule has 28 heavy (non-hydrogen) atoms. The summed E-state index contributed by atoms with van der Waals surface area (Å²) in [6, 6.07) is 8.40. The number of β-lactam (4-membered cyclic amide) rings is 1. The lowest BCUT2D eigenvalue weighted by Crippen LogP contribution is -2.70. The Kier molecular flexibility index (Phi) is 6.08. The second-order valence-corrected chi connectivity index (χ2v) is 7.36. The first kappa shape index (κ1) is 20.0. The number of carbonyl (C=O) groups is 4. The molecule has 2 atom stereocenters. The number of rotatable bonds is 6. The predicted octanol–water partition coefficient (Wildman–Crippen LogP) is 0.0729. The molecule has 0 aromatic heterocycles. The van der Waals surface area contributed by atoms with E-state index in [4.69, 9.17) is 12.8 Å². The third-order valence-electron chi connectivity index (χ3n) is 4.32. The molecule has 0 spiro atoms. The van der Waals surface area contributed by atoms with Crippen molar-refractivity contribution in [2.75, 3.05) is 12.4 Å². The number of hydrogen-bond acceptors (Lipinski definition) is 7. The number of fused-ring (bicyclic) bond motifs is 1. The van der Waals surface area contributed by atoms with E-state index >= 15 is 0 Å². The average Bonchev–Trinajstić information content (AvgIpc) is 2.69. The van der Waals surface area contributed by atoms with Gasteiger partial charge in [0.15, 0.2) is 0 Å². The molecule has 2 heterocycles. The van der Waals surface area contributed by atoms with Gasteiger partial charge in [0.1, 0.15) is 23.7 Å². The minimum atomic E-state index is -0.894. The van der Waals surface area contributed by atoms with Crippen molar-refractivity contribution in [1.29, 1.82) is 0 Å². The van der Waals surface area contributed by atoms with Crippen LogP contribution >= 0.6 is 11.8 Å². The van der Waals surface area contributed by atoms with E-state index < -0.39 is 29.3 Å². The Hall–Kier alpha value is -2.75. The van der Waals surface area contributed by atoms with E-state index in [0.29, 0.717) is 11.3 Å². The molecular weight excluding hydrogens is 383 g/mol. The van der Waals surface area contributed by atoms with Crippen molar-refractivity contribution < 1.29 is 28.6 Å². The Labute approximate surface area is 167 Å². The molecule has 0 unspecified atom stereocenters. The van der Waals surface area contributed by atoms with Gasteiger partial charge in [0.2, 0.25) is 5.91 Å². The maximum atomic E-state index is 12.6. The van der Waals surface area contributed by atoms with Gasteiger partial charge in [0, 0.05) is 18.2 Å². The molecular formula is C18H17BN2O6S. The highest BCUT2D eigenvalue weighted by Gasteiger charge is 2.54. The van der Waals surface area contributed by atoms with Crippen LogP contribution in [0.3, 0.4) is 0 Å². The largest absolute Gasteiger partial charge is 0.539 e. The number of benzene rings is 1. The normalized spacial score (nSPS) is 20.8. The topological polar surface area (TPSA) is 102 Å². The lowest BCUT2D eigenvalue weighted by Gasteiger charge is -2.49. The van der Waals surface area contributed by atoms with E-state index in [1.54, 1.807) is 0 Å². The Morgan fingerprint density at radius 1 is 1.29 bits per heavy atom. The quantitative estimate of drug-likeness (QED) is 0.410. The third-order valence-corrected chi connectivity index (χ3v) is 5.66. The summed E-state index contributed by atoms with van der Waals surface area (Å²) in [6.07, 6.45) is 0.146. The maximum Gasteiger partial charge on any atom is 0.378 e. The molecule has 2 radical (unpaired) electrons. The number of ether oxygens (including phenoxy) is 1. The number of carbonyl (C=O) groups excluding carboxylic acids is 4. The van der Waals surface area contributed by atoms with Crippen LogP contribution in [-0.4, -0.2) is 60.5 Å². The average molecular weight is 400 g/mol. The van der Waals surface area contributed by atoms with Crippen molar-refractivity contribution in [2.24, 2.45) is 0 Å². The summed E-state index contributed by atoms with van der Waals surface area (Å²) in [4.78, 5) is 49.3. The van der Waals surface area contributed by atoms with E-state index in [1.165, 1.54) is 23.6 Å². The SMILES string of the molecule is [B]OC(=O)C1=C(COC(C)=O)CS[C@@H]2[C@H](NC(=O)Cc3ccccc3)C(=O)N12. The van der Waals surface area contributed by atoms with Crippen molar-refractivity contribution in [3.63, 3.8) is 0 Å². The van der Waals surface area contributed by atoms with E-state index in [9.17, 15) is 19.2 Å². The van der Waals surface area contributed by atoms with Crippen LogP contribution < -0.4 is 5.32 Å². The molecule has 0 saturated carbocycles. The molecule has 2 amide bonds. The highest BCUT2D eigenvalue weighted by Crippen LogP contribution is 2.40. The Morgan fingerprint density at radius 2 is 2.00 bits per heavy atom. The Bertz CT molecular complexity index is 844. The first-order valence-corrected chi connectivity index (χ1v) is 9.51. The van der Waals surface area contributed by atoms with Gasteiger partial charge in [-0.15, -0.1) is 11.8 Å². The van der Waals surface area contributed by atoms with Crippen molar-refractivity contribution in [3.05, 3.63) is 47.2 Å². The molecule has 1 aromatic rings. The van der Waals surface area contributed by atoms with Gasteiger partial charge in [-0.05, 0) is 5.56 Å². The van der Waals surface area contributed by atoms with Crippen LogP contribution in [0.1, 0.15) is 12.5 Å². The van der Waals surface area contributed by atoms with Crippen molar-refractivity contribution in [2.45, 2.75) is 24.8 Å². The molecule has 144 valence electrons. The first-order valence-electron chi connectivity index (χ1n) is 8.46. The molecule has 0 bridgehead atoms. The standard InChI is InChI=1S/C18H17BN2O6S/c1-10(22)26-8-12-9-28-17-14(16(24)21(17)15(12)18(25)27-19)20-13(23)7-11-5-3-2-4-6-11/h2-6,14,17H,7-9H2,1H3,(H,20,23)/t14-,17-/m1/s1. The van der Waals surface area contributed by atoms with E-state index in [-0.39, 0.29) is 24.6 Å². The summed E-state index contributed by atoms with van der Waals surface area (Å²) in [7, 11) is 4.99. The highest BCUT2D eigenvalue weighted by atomic mass is 32.2. The van der Waals surface area contributed by atoms with Crippen LogP contribution in [0.4, 0.5) is 0 Å². The summed E-state index contributed by atoms with van der Waals surface area (Å²) in [5.41, 5.74) is 1.22. The van der Waals surface area contributed by atoms with Crippen molar-refractivity contribution >= 4 is 43.6 Å². The lowest BCUT2D eigenvalue weighted by atomic mass is 10.0. The van der Waals surface area contributed by atoms with Gasteiger partial charge in [0.25, 0.3) is 5.91 Å². The van der Waals surface area contributed by atoms with Crippen LogP contribution in [-0.2, 0) is 35.0 Å². The number of nitrogens with zero attached hydrogens (tertiary/aromatic N) is 1. The number of nitrogens with one attached hydrogen (secondary N) is 1.